The monoisotopic (exact) mass is 519 g/mol. The molecule has 0 saturated carbocycles. The molecule has 0 bridgehead atoms. The lowest BCUT2D eigenvalue weighted by Gasteiger charge is -2.14. The van der Waals surface area contributed by atoms with Crippen LogP contribution < -0.4 is 14.2 Å². The van der Waals surface area contributed by atoms with Crippen LogP contribution in [0.3, 0.4) is 0 Å². The van der Waals surface area contributed by atoms with E-state index >= 15 is 0 Å². The highest BCUT2D eigenvalue weighted by molar-refractivity contribution is 9.10. The van der Waals surface area contributed by atoms with Gasteiger partial charge in [-0.1, -0.05) is 5.92 Å². The zero-order valence-corrected chi connectivity index (χ0v) is 19.5. The first-order valence-electron chi connectivity index (χ1n) is 9.59. The summed E-state index contributed by atoms with van der Waals surface area (Å²) in [6.45, 7) is 2.50. The zero-order valence-electron chi connectivity index (χ0n) is 17.1. The highest BCUT2D eigenvalue weighted by atomic mass is 79.9. The average molecular weight is 520 g/mol. The molecule has 2 aromatic carbocycles. The van der Waals surface area contributed by atoms with E-state index in [1.807, 2.05) is 6.92 Å². The molecule has 3 rings (SSSR count). The highest BCUT2D eigenvalue weighted by Gasteiger charge is 2.34. The summed E-state index contributed by atoms with van der Waals surface area (Å²) in [5, 5.41) is -0.387. The van der Waals surface area contributed by atoms with E-state index < -0.39 is 5.91 Å². The third-order valence-corrected chi connectivity index (χ3v) is 5.70. The van der Waals surface area contributed by atoms with Gasteiger partial charge in [0, 0.05) is 0 Å². The Balaban J connectivity index is 1.71. The van der Waals surface area contributed by atoms with Crippen LogP contribution in [0.2, 0.25) is 0 Å². The lowest BCUT2D eigenvalue weighted by atomic mass is 10.2. The summed E-state index contributed by atoms with van der Waals surface area (Å²) in [4.78, 5) is 26.5. The number of thioether (sulfide) groups is 1. The van der Waals surface area contributed by atoms with Crippen LogP contribution in [-0.2, 0) is 4.79 Å². The van der Waals surface area contributed by atoms with Gasteiger partial charge in [-0.15, -0.1) is 6.42 Å². The van der Waals surface area contributed by atoms with Crippen molar-refractivity contribution < 1.29 is 28.2 Å². The Bertz CT molecular complexity index is 1080. The number of imide groups is 1. The molecule has 2 amide bonds. The Hall–Kier alpha value is -2.96. The fraction of sp³-hybridized carbons (Fsp3) is 0.217. The van der Waals surface area contributed by atoms with Crippen molar-refractivity contribution in [3.63, 3.8) is 0 Å². The van der Waals surface area contributed by atoms with Crippen LogP contribution in [0.15, 0.2) is 45.8 Å². The van der Waals surface area contributed by atoms with E-state index in [-0.39, 0.29) is 35.7 Å². The average Bonchev–Trinajstić information content (AvgIpc) is 3.02. The fourth-order valence-electron chi connectivity index (χ4n) is 2.82. The predicted molar refractivity (Wildman–Crippen MR) is 124 cm³/mol. The summed E-state index contributed by atoms with van der Waals surface area (Å²) < 4.78 is 30.2. The first-order chi connectivity index (χ1) is 15.4. The number of rotatable bonds is 9. The van der Waals surface area contributed by atoms with Gasteiger partial charge in [0.15, 0.2) is 11.5 Å². The molecule has 0 atom stereocenters. The van der Waals surface area contributed by atoms with E-state index in [0.717, 1.165) is 16.7 Å². The molecule has 0 radical (unpaired) electrons. The quantitative estimate of drug-likeness (QED) is 0.338. The maximum atomic E-state index is 13.0. The molecule has 0 unspecified atom stereocenters. The molecule has 1 aliphatic heterocycles. The fourth-order valence-corrected chi connectivity index (χ4v) is 4.26. The van der Waals surface area contributed by atoms with E-state index in [9.17, 15) is 14.0 Å². The zero-order chi connectivity index (χ0) is 23.1. The number of amides is 2. The third kappa shape index (κ3) is 5.84. The molecule has 9 heteroatoms. The lowest BCUT2D eigenvalue weighted by molar-refractivity contribution is -0.123. The van der Waals surface area contributed by atoms with Gasteiger partial charge in [0.2, 0.25) is 0 Å². The largest absolute Gasteiger partial charge is 0.492 e. The van der Waals surface area contributed by atoms with Crippen LogP contribution in [0.4, 0.5) is 9.18 Å². The number of benzene rings is 2. The standard InChI is InChI=1S/C23H19BrFNO5S/c1-3-10-31-21-18(24)12-15(13-19(21)29-4-2)14-20-22(27)26(23(28)32-20)9-11-30-17-7-5-16(25)6-8-17/h1,5-8,12-14H,4,9-11H2,2H3/b20-14-. The molecule has 6 nitrogen and oxygen atoms in total. The van der Waals surface area contributed by atoms with Crippen molar-refractivity contribution in [2.45, 2.75) is 6.92 Å². The van der Waals surface area contributed by atoms with Crippen LogP contribution in [0, 0.1) is 18.2 Å². The summed E-state index contributed by atoms with van der Waals surface area (Å²) >= 11 is 4.28. The molecule has 1 aliphatic rings. The van der Waals surface area contributed by atoms with Crippen LogP contribution >= 0.6 is 27.7 Å². The van der Waals surface area contributed by atoms with Crippen LogP contribution in [0.25, 0.3) is 6.08 Å². The molecular formula is C23H19BrFNO5S. The van der Waals surface area contributed by atoms with Crippen molar-refractivity contribution in [3.8, 4) is 29.6 Å². The Morgan fingerprint density at radius 2 is 1.94 bits per heavy atom. The molecule has 1 fully saturated rings. The number of halogens is 2. The number of carbonyl (C=O) groups excluding carboxylic acids is 2. The number of ether oxygens (including phenoxy) is 3. The predicted octanol–water partition coefficient (Wildman–Crippen LogP) is 5.11. The molecular weight excluding hydrogens is 501 g/mol. The van der Waals surface area contributed by atoms with Crippen molar-refractivity contribution in [3.05, 3.63) is 57.2 Å². The molecule has 0 spiro atoms. The van der Waals surface area contributed by atoms with Gasteiger partial charge in [-0.05, 0) is 82.7 Å². The number of hydrogen-bond donors (Lipinski definition) is 0. The van der Waals surface area contributed by atoms with E-state index in [1.54, 1.807) is 18.2 Å². The topological polar surface area (TPSA) is 65.1 Å². The Morgan fingerprint density at radius 3 is 2.62 bits per heavy atom. The van der Waals surface area contributed by atoms with Gasteiger partial charge in [-0.25, -0.2) is 4.39 Å². The van der Waals surface area contributed by atoms with E-state index in [2.05, 4.69) is 21.9 Å². The van der Waals surface area contributed by atoms with E-state index in [4.69, 9.17) is 20.6 Å². The maximum Gasteiger partial charge on any atom is 0.293 e. The smallest absolute Gasteiger partial charge is 0.293 e. The second-order valence-corrected chi connectivity index (χ2v) is 8.24. The number of terminal acetylenes is 1. The third-order valence-electron chi connectivity index (χ3n) is 4.20. The molecule has 1 heterocycles. The van der Waals surface area contributed by atoms with Crippen molar-refractivity contribution in [2.75, 3.05) is 26.4 Å². The first-order valence-corrected chi connectivity index (χ1v) is 11.2. The molecule has 32 heavy (non-hydrogen) atoms. The van der Waals surface area contributed by atoms with Gasteiger partial charge in [0.25, 0.3) is 11.1 Å². The second-order valence-electron chi connectivity index (χ2n) is 6.39. The minimum atomic E-state index is -0.413. The maximum absolute atomic E-state index is 13.0. The number of nitrogens with zero attached hydrogens (tertiary/aromatic N) is 1. The number of carbonyl (C=O) groups is 2. The Labute approximate surface area is 197 Å². The molecule has 0 N–H and O–H groups in total. The number of hydrogen-bond acceptors (Lipinski definition) is 6. The second kappa shape index (κ2) is 11.1. The summed E-state index contributed by atoms with van der Waals surface area (Å²) in [5.41, 5.74) is 0.654. The van der Waals surface area contributed by atoms with Gasteiger partial charge in [0.05, 0.1) is 22.5 Å². The summed E-state index contributed by atoms with van der Waals surface area (Å²) in [6, 6.07) is 8.97. The van der Waals surface area contributed by atoms with E-state index in [0.29, 0.717) is 33.9 Å². The summed E-state index contributed by atoms with van der Waals surface area (Å²) in [5.74, 6) is 3.00. The van der Waals surface area contributed by atoms with Crippen LogP contribution in [-0.4, -0.2) is 42.4 Å². The minimum Gasteiger partial charge on any atom is -0.492 e. The van der Waals surface area contributed by atoms with Crippen LogP contribution in [0.5, 0.6) is 17.2 Å². The van der Waals surface area contributed by atoms with Gasteiger partial charge >= 0.3 is 0 Å². The lowest BCUT2D eigenvalue weighted by Crippen LogP contribution is -2.32. The SMILES string of the molecule is C#CCOc1c(Br)cc(/C=C2\SC(=O)N(CCOc3ccc(F)cc3)C2=O)cc1OCC. The van der Waals surface area contributed by atoms with Crippen molar-refractivity contribution in [1.29, 1.82) is 0 Å². The minimum absolute atomic E-state index is 0.0755. The first kappa shape index (κ1) is 23.7. The highest BCUT2D eigenvalue weighted by Crippen LogP contribution is 2.39. The van der Waals surface area contributed by atoms with Crippen molar-refractivity contribution in [1.82, 2.24) is 4.90 Å². The molecule has 0 aliphatic carbocycles. The Kier molecular flexibility index (Phi) is 8.20. The Morgan fingerprint density at radius 1 is 1.19 bits per heavy atom. The van der Waals surface area contributed by atoms with Crippen molar-refractivity contribution in [2.24, 2.45) is 0 Å². The molecule has 1 saturated heterocycles. The van der Waals surface area contributed by atoms with Crippen molar-refractivity contribution >= 4 is 44.9 Å². The van der Waals surface area contributed by atoms with Crippen LogP contribution in [0.1, 0.15) is 12.5 Å². The normalized spacial score (nSPS) is 14.6. The summed E-state index contributed by atoms with van der Waals surface area (Å²) in [7, 11) is 0. The van der Waals surface area contributed by atoms with Gasteiger partial charge in [0.1, 0.15) is 24.8 Å². The van der Waals surface area contributed by atoms with Gasteiger partial charge in [-0.3, -0.25) is 14.5 Å². The molecule has 0 aromatic heterocycles. The van der Waals surface area contributed by atoms with E-state index in [1.165, 1.54) is 24.3 Å². The molecule has 2 aromatic rings. The molecule has 166 valence electrons. The summed E-state index contributed by atoms with van der Waals surface area (Å²) in [6.07, 6.45) is 6.88. The van der Waals surface area contributed by atoms with Gasteiger partial charge in [-0.2, -0.15) is 0 Å². The van der Waals surface area contributed by atoms with Gasteiger partial charge < -0.3 is 14.2 Å².